The summed E-state index contributed by atoms with van der Waals surface area (Å²) >= 11 is 0. The van der Waals surface area contributed by atoms with E-state index in [4.69, 9.17) is 5.26 Å². The van der Waals surface area contributed by atoms with Crippen molar-refractivity contribution in [3.05, 3.63) is 54.0 Å². The minimum Gasteiger partial charge on any atom is -0.351 e. The molecule has 0 saturated carbocycles. The Morgan fingerprint density at radius 1 is 1.33 bits per heavy atom. The molecule has 0 fully saturated rings. The van der Waals surface area contributed by atoms with E-state index in [1.807, 2.05) is 17.0 Å². The average molecular weight is 280 g/mol. The SMILES string of the molecule is CC(=O)c1cccnc1N(CCC#N)Cc1cccnc1. The fourth-order valence-corrected chi connectivity index (χ4v) is 2.08. The zero-order valence-corrected chi connectivity index (χ0v) is 11.9. The Labute approximate surface area is 123 Å². The van der Waals surface area contributed by atoms with Crippen LogP contribution in [0.2, 0.25) is 0 Å². The maximum atomic E-state index is 11.8. The van der Waals surface area contributed by atoms with Crippen LogP contribution in [0.25, 0.3) is 0 Å². The molecule has 0 aliphatic carbocycles. The van der Waals surface area contributed by atoms with E-state index in [1.54, 1.807) is 30.7 Å². The summed E-state index contributed by atoms with van der Waals surface area (Å²) in [5.41, 5.74) is 1.58. The number of hydrogen-bond donors (Lipinski definition) is 0. The number of nitriles is 1. The Kier molecular flexibility index (Phi) is 4.99. The lowest BCUT2D eigenvalue weighted by atomic mass is 10.1. The van der Waals surface area contributed by atoms with Crippen molar-refractivity contribution in [3.63, 3.8) is 0 Å². The highest BCUT2D eigenvalue weighted by Gasteiger charge is 2.15. The highest BCUT2D eigenvalue weighted by Crippen LogP contribution is 2.20. The Hall–Kier alpha value is -2.74. The molecule has 21 heavy (non-hydrogen) atoms. The smallest absolute Gasteiger partial charge is 0.163 e. The Morgan fingerprint density at radius 3 is 2.81 bits per heavy atom. The van der Waals surface area contributed by atoms with Crippen molar-refractivity contribution in [2.75, 3.05) is 11.4 Å². The molecule has 0 amide bonds. The number of carbonyl (C=O) groups is 1. The van der Waals surface area contributed by atoms with Crippen LogP contribution in [0.4, 0.5) is 5.82 Å². The first-order valence-electron chi connectivity index (χ1n) is 6.69. The maximum Gasteiger partial charge on any atom is 0.163 e. The van der Waals surface area contributed by atoms with Gasteiger partial charge in [-0.2, -0.15) is 5.26 Å². The molecule has 0 atom stereocenters. The first kappa shape index (κ1) is 14.7. The lowest BCUT2D eigenvalue weighted by Gasteiger charge is -2.24. The van der Waals surface area contributed by atoms with Crippen LogP contribution in [0.1, 0.15) is 29.3 Å². The number of carbonyl (C=O) groups excluding carboxylic acids is 1. The van der Waals surface area contributed by atoms with E-state index in [9.17, 15) is 4.79 Å². The minimum atomic E-state index is -0.0359. The summed E-state index contributed by atoms with van der Waals surface area (Å²) in [6, 6.07) is 9.46. The van der Waals surface area contributed by atoms with Gasteiger partial charge in [-0.25, -0.2) is 4.98 Å². The highest BCUT2D eigenvalue weighted by molar-refractivity contribution is 5.98. The van der Waals surface area contributed by atoms with Gasteiger partial charge in [0.15, 0.2) is 5.78 Å². The molecule has 2 heterocycles. The lowest BCUT2D eigenvalue weighted by molar-refractivity contribution is 0.101. The van der Waals surface area contributed by atoms with Gasteiger partial charge in [-0.1, -0.05) is 6.07 Å². The molecule has 5 nitrogen and oxygen atoms in total. The first-order chi connectivity index (χ1) is 10.2. The molecule has 0 aliphatic rings. The second-order valence-electron chi connectivity index (χ2n) is 4.62. The van der Waals surface area contributed by atoms with E-state index in [0.717, 1.165) is 5.56 Å². The molecule has 2 aromatic heterocycles. The third kappa shape index (κ3) is 3.86. The van der Waals surface area contributed by atoms with Gasteiger partial charge < -0.3 is 4.90 Å². The van der Waals surface area contributed by atoms with Crippen molar-refractivity contribution < 1.29 is 4.79 Å². The van der Waals surface area contributed by atoms with Crippen LogP contribution in [0.5, 0.6) is 0 Å². The monoisotopic (exact) mass is 280 g/mol. The molecule has 0 aliphatic heterocycles. The maximum absolute atomic E-state index is 11.8. The van der Waals surface area contributed by atoms with Gasteiger partial charge in [0, 0.05) is 31.7 Å². The number of anilines is 1. The Bertz CT molecular complexity index is 649. The number of hydrogen-bond acceptors (Lipinski definition) is 5. The van der Waals surface area contributed by atoms with Crippen LogP contribution in [0.3, 0.4) is 0 Å². The lowest BCUT2D eigenvalue weighted by Crippen LogP contribution is -2.26. The van der Waals surface area contributed by atoms with E-state index in [1.165, 1.54) is 6.92 Å². The summed E-state index contributed by atoms with van der Waals surface area (Å²) in [6.07, 6.45) is 5.51. The largest absolute Gasteiger partial charge is 0.351 e. The molecule has 5 heteroatoms. The van der Waals surface area contributed by atoms with Gasteiger partial charge in [0.2, 0.25) is 0 Å². The normalized spacial score (nSPS) is 9.90. The van der Waals surface area contributed by atoms with Gasteiger partial charge in [0.05, 0.1) is 18.1 Å². The van der Waals surface area contributed by atoms with Gasteiger partial charge in [0.1, 0.15) is 5.82 Å². The first-order valence-corrected chi connectivity index (χ1v) is 6.69. The molecule has 2 aromatic rings. The van der Waals surface area contributed by atoms with Crippen LogP contribution in [-0.4, -0.2) is 22.3 Å². The number of aromatic nitrogens is 2. The van der Waals surface area contributed by atoms with Gasteiger partial charge in [-0.3, -0.25) is 9.78 Å². The fourth-order valence-electron chi connectivity index (χ4n) is 2.08. The van der Waals surface area contributed by atoms with Gasteiger partial charge in [-0.15, -0.1) is 0 Å². The van der Waals surface area contributed by atoms with Crippen LogP contribution < -0.4 is 4.90 Å². The number of nitrogens with zero attached hydrogens (tertiary/aromatic N) is 4. The zero-order valence-electron chi connectivity index (χ0n) is 11.9. The van der Waals surface area contributed by atoms with Crippen molar-refractivity contribution in [1.82, 2.24) is 9.97 Å². The number of Topliss-reactive ketones (excluding diaryl/α,β-unsaturated/α-hetero) is 1. The minimum absolute atomic E-state index is 0.0359. The quantitative estimate of drug-likeness (QED) is 0.761. The molecule has 0 spiro atoms. The van der Waals surface area contributed by atoms with Gasteiger partial charge >= 0.3 is 0 Å². The van der Waals surface area contributed by atoms with E-state index in [-0.39, 0.29) is 5.78 Å². The predicted molar refractivity (Wildman–Crippen MR) is 79.8 cm³/mol. The standard InChI is InChI=1S/C16H16N4O/c1-13(21)15-6-3-9-19-16(15)20(10-4-7-17)12-14-5-2-8-18-11-14/h2-3,5-6,8-9,11H,4,10,12H2,1H3. The molecule has 106 valence electrons. The summed E-state index contributed by atoms with van der Waals surface area (Å²) in [7, 11) is 0. The summed E-state index contributed by atoms with van der Waals surface area (Å²) in [5, 5.41) is 8.83. The van der Waals surface area contributed by atoms with Crippen LogP contribution >= 0.6 is 0 Å². The van der Waals surface area contributed by atoms with Crippen molar-refractivity contribution in [2.24, 2.45) is 0 Å². The summed E-state index contributed by atoms with van der Waals surface area (Å²) in [5.74, 6) is 0.579. The van der Waals surface area contributed by atoms with Gasteiger partial charge in [-0.05, 0) is 30.7 Å². The van der Waals surface area contributed by atoms with Crippen LogP contribution in [0.15, 0.2) is 42.9 Å². The van der Waals surface area contributed by atoms with E-state index in [0.29, 0.717) is 30.9 Å². The highest BCUT2D eigenvalue weighted by atomic mass is 16.1. The van der Waals surface area contributed by atoms with E-state index >= 15 is 0 Å². The average Bonchev–Trinajstić information content (AvgIpc) is 2.52. The van der Waals surface area contributed by atoms with Crippen molar-refractivity contribution in [1.29, 1.82) is 5.26 Å². The third-order valence-electron chi connectivity index (χ3n) is 3.06. The topological polar surface area (TPSA) is 69.9 Å². The zero-order chi connectivity index (χ0) is 15.1. The molecule has 0 saturated heterocycles. The fraction of sp³-hybridized carbons (Fsp3) is 0.250. The van der Waals surface area contributed by atoms with Crippen molar-refractivity contribution in [2.45, 2.75) is 19.9 Å². The number of ketones is 1. The van der Waals surface area contributed by atoms with Crippen LogP contribution in [-0.2, 0) is 6.54 Å². The van der Waals surface area contributed by atoms with E-state index in [2.05, 4.69) is 16.0 Å². The molecule has 0 N–H and O–H groups in total. The molecule has 0 aromatic carbocycles. The predicted octanol–water partition coefficient (Wildman–Crippen LogP) is 2.60. The number of pyridine rings is 2. The summed E-state index contributed by atoms with van der Waals surface area (Å²) < 4.78 is 0. The van der Waals surface area contributed by atoms with Gasteiger partial charge in [0.25, 0.3) is 0 Å². The Morgan fingerprint density at radius 2 is 2.14 bits per heavy atom. The van der Waals surface area contributed by atoms with E-state index < -0.39 is 0 Å². The Balaban J connectivity index is 2.32. The second kappa shape index (κ2) is 7.15. The molecule has 0 radical (unpaired) electrons. The second-order valence-corrected chi connectivity index (χ2v) is 4.62. The van der Waals surface area contributed by atoms with Crippen molar-refractivity contribution >= 4 is 11.6 Å². The number of rotatable bonds is 6. The molecule has 0 bridgehead atoms. The molecular weight excluding hydrogens is 264 g/mol. The van der Waals surface area contributed by atoms with Crippen molar-refractivity contribution in [3.8, 4) is 6.07 Å². The molecule has 0 unspecified atom stereocenters. The summed E-state index contributed by atoms with van der Waals surface area (Å²) in [6.45, 7) is 2.60. The van der Waals surface area contributed by atoms with Crippen LogP contribution in [0, 0.1) is 11.3 Å². The third-order valence-corrected chi connectivity index (χ3v) is 3.06. The molecular formula is C16H16N4O. The summed E-state index contributed by atoms with van der Waals surface area (Å²) in [4.78, 5) is 22.1. The molecule has 2 rings (SSSR count).